The Morgan fingerprint density at radius 1 is 0.929 bits per heavy atom. The number of carbonyl (C=O) groups excluding carboxylic acids is 1. The zero-order valence-electron chi connectivity index (χ0n) is 14.8. The van der Waals surface area contributed by atoms with Crippen LogP contribution < -0.4 is 14.8 Å². The van der Waals surface area contributed by atoms with Gasteiger partial charge in [-0.15, -0.1) is 0 Å². The molecule has 0 heterocycles. The largest absolute Gasteiger partial charge is 0.497 e. The van der Waals surface area contributed by atoms with Gasteiger partial charge in [-0.3, -0.25) is 9.52 Å². The first-order chi connectivity index (χ1) is 13.4. The van der Waals surface area contributed by atoms with Crippen LogP contribution in [0.25, 0.3) is 0 Å². The van der Waals surface area contributed by atoms with Gasteiger partial charge in [0.1, 0.15) is 11.6 Å². The molecule has 0 aliphatic rings. The zero-order chi connectivity index (χ0) is 20.1. The summed E-state index contributed by atoms with van der Waals surface area (Å²) < 4.78 is 45.9. The Bertz CT molecular complexity index is 1080. The number of benzene rings is 3. The van der Waals surface area contributed by atoms with Crippen LogP contribution >= 0.6 is 0 Å². The molecule has 1 amide bonds. The maximum atomic E-state index is 13.6. The molecular formula is C20H17FN2O4S. The van der Waals surface area contributed by atoms with E-state index >= 15 is 0 Å². The van der Waals surface area contributed by atoms with Crippen molar-refractivity contribution in [2.75, 3.05) is 17.1 Å². The second-order valence-electron chi connectivity index (χ2n) is 5.79. The number of para-hydroxylation sites is 1. The van der Waals surface area contributed by atoms with Crippen LogP contribution in [0.4, 0.5) is 15.8 Å². The van der Waals surface area contributed by atoms with Crippen molar-refractivity contribution in [1.82, 2.24) is 0 Å². The van der Waals surface area contributed by atoms with Gasteiger partial charge in [0, 0.05) is 11.3 Å². The van der Waals surface area contributed by atoms with E-state index in [4.69, 9.17) is 4.74 Å². The summed E-state index contributed by atoms with van der Waals surface area (Å²) in [5.74, 6) is -0.501. The van der Waals surface area contributed by atoms with E-state index in [1.165, 1.54) is 61.7 Å². The number of hydrogen-bond acceptors (Lipinski definition) is 4. The highest BCUT2D eigenvalue weighted by molar-refractivity contribution is 7.92. The van der Waals surface area contributed by atoms with E-state index in [1.54, 1.807) is 18.2 Å². The van der Waals surface area contributed by atoms with Crippen molar-refractivity contribution in [2.24, 2.45) is 0 Å². The standard InChI is InChI=1S/C20H17FN2O4S/c1-27-16-10-12-17(13-11-16)28(25,26)23-15-8-6-14(7-9-15)20(24)22-19-5-3-2-4-18(19)21/h2-13,23H,1H3,(H,22,24). The van der Waals surface area contributed by atoms with Crippen LogP contribution in [0.15, 0.2) is 77.7 Å². The molecule has 28 heavy (non-hydrogen) atoms. The second-order valence-corrected chi connectivity index (χ2v) is 7.47. The fraction of sp³-hybridized carbons (Fsp3) is 0.0500. The molecule has 0 spiro atoms. The Morgan fingerprint density at radius 3 is 2.18 bits per heavy atom. The molecule has 0 saturated heterocycles. The molecule has 0 fully saturated rings. The number of rotatable bonds is 6. The summed E-state index contributed by atoms with van der Waals surface area (Å²) in [4.78, 5) is 12.3. The molecule has 144 valence electrons. The van der Waals surface area contributed by atoms with Gasteiger partial charge in [0.25, 0.3) is 15.9 Å². The third-order valence-corrected chi connectivity index (χ3v) is 5.29. The van der Waals surface area contributed by atoms with Crippen molar-refractivity contribution in [3.63, 3.8) is 0 Å². The van der Waals surface area contributed by atoms with Gasteiger partial charge in [-0.05, 0) is 60.7 Å². The van der Waals surface area contributed by atoms with Gasteiger partial charge in [-0.1, -0.05) is 12.1 Å². The van der Waals surface area contributed by atoms with Crippen molar-refractivity contribution in [1.29, 1.82) is 0 Å². The number of amides is 1. The smallest absolute Gasteiger partial charge is 0.261 e. The van der Waals surface area contributed by atoms with Gasteiger partial charge in [-0.25, -0.2) is 12.8 Å². The van der Waals surface area contributed by atoms with Crippen LogP contribution in [0.1, 0.15) is 10.4 Å². The number of carbonyl (C=O) groups is 1. The van der Waals surface area contributed by atoms with Crippen LogP contribution in [0.3, 0.4) is 0 Å². The SMILES string of the molecule is COc1ccc(S(=O)(=O)Nc2ccc(C(=O)Nc3ccccc3F)cc2)cc1. The fourth-order valence-electron chi connectivity index (χ4n) is 2.42. The molecule has 6 nitrogen and oxygen atoms in total. The lowest BCUT2D eigenvalue weighted by Crippen LogP contribution is -2.14. The van der Waals surface area contributed by atoms with Crippen molar-refractivity contribution in [2.45, 2.75) is 4.90 Å². The Labute approximate surface area is 162 Å². The topological polar surface area (TPSA) is 84.5 Å². The Balaban J connectivity index is 1.71. The number of anilines is 2. The third-order valence-electron chi connectivity index (χ3n) is 3.89. The van der Waals surface area contributed by atoms with Gasteiger partial charge in [0.2, 0.25) is 0 Å². The van der Waals surface area contributed by atoms with Crippen LogP contribution in [0.5, 0.6) is 5.75 Å². The van der Waals surface area contributed by atoms with Gasteiger partial charge < -0.3 is 10.1 Å². The molecule has 0 aromatic heterocycles. The molecule has 0 unspecified atom stereocenters. The normalized spacial score (nSPS) is 10.9. The first-order valence-corrected chi connectivity index (χ1v) is 9.70. The maximum Gasteiger partial charge on any atom is 0.261 e. The van der Waals surface area contributed by atoms with Crippen LogP contribution in [-0.2, 0) is 10.0 Å². The van der Waals surface area contributed by atoms with E-state index in [0.29, 0.717) is 11.4 Å². The molecule has 0 aliphatic carbocycles. The van der Waals surface area contributed by atoms with Crippen molar-refractivity contribution >= 4 is 27.3 Å². The molecular weight excluding hydrogens is 383 g/mol. The summed E-state index contributed by atoms with van der Waals surface area (Å²) in [5, 5.41) is 2.47. The van der Waals surface area contributed by atoms with E-state index in [-0.39, 0.29) is 16.1 Å². The Morgan fingerprint density at radius 2 is 1.57 bits per heavy atom. The summed E-state index contributed by atoms with van der Waals surface area (Å²) >= 11 is 0. The minimum atomic E-state index is -3.78. The minimum absolute atomic E-state index is 0.0665. The third kappa shape index (κ3) is 4.47. The summed E-state index contributed by atoms with van der Waals surface area (Å²) in [5.41, 5.74) is 0.616. The maximum absolute atomic E-state index is 13.6. The molecule has 8 heteroatoms. The van der Waals surface area contributed by atoms with Crippen LogP contribution in [0.2, 0.25) is 0 Å². The number of sulfonamides is 1. The van der Waals surface area contributed by atoms with E-state index in [9.17, 15) is 17.6 Å². The average molecular weight is 400 g/mol. The summed E-state index contributed by atoms with van der Waals surface area (Å²) in [6.45, 7) is 0. The monoisotopic (exact) mass is 400 g/mol. The predicted molar refractivity (Wildman–Crippen MR) is 105 cm³/mol. The molecule has 3 aromatic rings. The minimum Gasteiger partial charge on any atom is -0.497 e. The lowest BCUT2D eigenvalue weighted by atomic mass is 10.2. The lowest BCUT2D eigenvalue weighted by Gasteiger charge is -2.10. The van der Waals surface area contributed by atoms with Crippen molar-refractivity contribution < 1.29 is 22.3 Å². The van der Waals surface area contributed by atoms with E-state index in [1.807, 2.05) is 0 Å². The Hall–Kier alpha value is -3.39. The molecule has 0 aliphatic heterocycles. The van der Waals surface area contributed by atoms with Crippen molar-refractivity contribution in [3.05, 3.63) is 84.2 Å². The number of halogens is 1. The van der Waals surface area contributed by atoms with Gasteiger partial charge in [-0.2, -0.15) is 0 Å². The van der Waals surface area contributed by atoms with Crippen molar-refractivity contribution in [3.8, 4) is 5.75 Å². The molecule has 0 radical (unpaired) electrons. The van der Waals surface area contributed by atoms with E-state index in [0.717, 1.165) is 0 Å². The van der Waals surface area contributed by atoms with Gasteiger partial charge in [0.15, 0.2) is 0 Å². The summed E-state index contributed by atoms with van der Waals surface area (Å²) in [6, 6.07) is 17.6. The van der Waals surface area contributed by atoms with Gasteiger partial charge in [0.05, 0.1) is 17.7 Å². The fourth-order valence-corrected chi connectivity index (χ4v) is 3.47. The number of nitrogens with one attached hydrogen (secondary N) is 2. The molecule has 3 rings (SSSR count). The van der Waals surface area contributed by atoms with Crippen LogP contribution in [-0.4, -0.2) is 21.4 Å². The molecule has 3 aromatic carbocycles. The second kappa shape index (κ2) is 8.10. The molecule has 0 saturated carbocycles. The number of ether oxygens (including phenoxy) is 1. The molecule has 0 atom stereocenters. The average Bonchev–Trinajstić information content (AvgIpc) is 2.70. The zero-order valence-corrected chi connectivity index (χ0v) is 15.7. The predicted octanol–water partition coefficient (Wildman–Crippen LogP) is 3.89. The highest BCUT2D eigenvalue weighted by atomic mass is 32.2. The highest BCUT2D eigenvalue weighted by Crippen LogP contribution is 2.20. The summed E-state index contributed by atoms with van der Waals surface area (Å²) in [6.07, 6.45) is 0. The molecule has 2 N–H and O–H groups in total. The first kappa shape index (κ1) is 19.4. The Kier molecular flexibility index (Phi) is 5.60. The van der Waals surface area contributed by atoms with Gasteiger partial charge >= 0.3 is 0 Å². The van der Waals surface area contributed by atoms with Crippen LogP contribution in [0, 0.1) is 5.82 Å². The lowest BCUT2D eigenvalue weighted by molar-refractivity contribution is 0.102. The quantitative estimate of drug-likeness (QED) is 0.658. The van der Waals surface area contributed by atoms with E-state index < -0.39 is 21.7 Å². The summed E-state index contributed by atoms with van der Waals surface area (Å²) in [7, 11) is -2.29. The molecule has 0 bridgehead atoms. The number of methoxy groups -OCH3 is 1. The number of hydrogen-bond donors (Lipinski definition) is 2. The van der Waals surface area contributed by atoms with E-state index in [2.05, 4.69) is 10.0 Å². The highest BCUT2D eigenvalue weighted by Gasteiger charge is 2.15. The first-order valence-electron chi connectivity index (χ1n) is 8.22.